The van der Waals surface area contributed by atoms with Gasteiger partial charge in [0.2, 0.25) is 17.9 Å². The summed E-state index contributed by atoms with van der Waals surface area (Å²) in [6.45, 7) is 1.84. The molecule has 7 nitrogen and oxygen atoms in total. The number of nitrogens with zero attached hydrogens (tertiary/aromatic N) is 2. The fourth-order valence-electron chi connectivity index (χ4n) is 3.84. The topological polar surface area (TPSA) is 124 Å². The number of aliphatic carboxylic acids is 1. The predicted octanol–water partition coefficient (Wildman–Crippen LogP) is 5.40. The zero-order valence-corrected chi connectivity index (χ0v) is 20.4. The highest BCUT2D eigenvalue weighted by Crippen LogP contribution is 2.42. The molecule has 2 heterocycles. The molecule has 0 bridgehead atoms. The van der Waals surface area contributed by atoms with Gasteiger partial charge in [-0.2, -0.15) is 29.5 Å². The van der Waals surface area contributed by atoms with Crippen molar-refractivity contribution in [2.24, 2.45) is 5.73 Å². The number of halogens is 3. The standard InChI is InChI=1S/C26H23F3N4O3S/c1-14-12-37-13-19(14)17-4-2-3-5-18(17)23(26(27,28)29)36-22-11-21(32-25(31)33-22)16-8-6-15(7-9-16)10-20(30)24(34)35/h2-9,11-13,20,23H,10,30H2,1H3,(H,34,35)(H2,31,32,33)/t20-,23?/m0/s1. The van der Waals surface area contributed by atoms with Crippen LogP contribution in [0.4, 0.5) is 19.1 Å². The molecule has 2 atom stereocenters. The van der Waals surface area contributed by atoms with Crippen molar-refractivity contribution in [3.63, 3.8) is 0 Å². The lowest BCUT2D eigenvalue weighted by molar-refractivity contribution is -0.198. The molecular formula is C26H23F3N4O3S. The normalized spacial score (nSPS) is 13.2. The fraction of sp³-hybridized carbons (Fsp3) is 0.192. The number of nitrogen functional groups attached to an aromatic ring is 1. The largest absolute Gasteiger partial charge is 0.480 e. The third-order valence-electron chi connectivity index (χ3n) is 5.67. The predicted molar refractivity (Wildman–Crippen MR) is 135 cm³/mol. The van der Waals surface area contributed by atoms with E-state index in [0.29, 0.717) is 22.3 Å². The van der Waals surface area contributed by atoms with E-state index in [1.54, 1.807) is 41.8 Å². The van der Waals surface area contributed by atoms with Crippen LogP contribution in [-0.2, 0) is 11.2 Å². The van der Waals surface area contributed by atoms with Gasteiger partial charge in [0.15, 0.2) is 0 Å². The third-order valence-corrected chi connectivity index (χ3v) is 6.53. The Morgan fingerprint density at radius 1 is 1.08 bits per heavy atom. The summed E-state index contributed by atoms with van der Waals surface area (Å²) >= 11 is 1.40. The van der Waals surface area contributed by atoms with Crippen molar-refractivity contribution in [2.75, 3.05) is 5.73 Å². The van der Waals surface area contributed by atoms with Gasteiger partial charge in [-0.3, -0.25) is 4.79 Å². The van der Waals surface area contributed by atoms with E-state index >= 15 is 0 Å². The van der Waals surface area contributed by atoms with Crippen molar-refractivity contribution < 1.29 is 27.8 Å². The van der Waals surface area contributed by atoms with Gasteiger partial charge in [0, 0.05) is 17.2 Å². The van der Waals surface area contributed by atoms with Crippen LogP contribution in [0.3, 0.4) is 0 Å². The molecule has 0 aliphatic carbocycles. The maximum absolute atomic E-state index is 14.3. The minimum absolute atomic E-state index is 0.0469. The average Bonchev–Trinajstić information content (AvgIpc) is 3.27. The molecule has 0 aliphatic heterocycles. The van der Waals surface area contributed by atoms with Crippen LogP contribution in [0, 0.1) is 6.92 Å². The fourth-order valence-corrected chi connectivity index (χ4v) is 4.69. The van der Waals surface area contributed by atoms with Crippen molar-refractivity contribution >= 4 is 23.3 Å². The van der Waals surface area contributed by atoms with E-state index in [-0.39, 0.29) is 29.5 Å². The third kappa shape index (κ3) is 6.07. The summed E-state index contributed by atoms with van der Waals surface area (Å²) in [5.74, 6) is -1.71. The number of alkyl halides is 3. The summed E-state index contributed by atoms with van der Waals surface area (Å²) < 4.78 is 48.3. The molecule has 0 saturated carbocycles. The summed E-state index contributed by atoms with van der Waals surface area (Å²) in [7, 11) is 0. The number of ether oxygens (including phenoxy) is 1. The van der Waals surface area contributed by atoms with Gasteiger partial charge in [0.25, 0.3) is 0 Å². The minimum atomic E-state index is -4.75. The van der Waals surface area contributed by atoms with Crippen LogP contribution < -0.4 is 16.2 Å². The first-order chi connectivity index (χ1) is 17.5. The van der Waals surface area contributed by atoms with Gasteiger partial charge in [-0.25, -0.2) is 4.98 Å². The number of nitrogens with two attached hydrogens (primary N) is 2. The van der Waals surface area contributed by atoms with Crippen molar-refractivity contribution in [3.05, 3.63) is 82.0 Å². The van der Waals surface area contributed by atoms with Gasteiger partial charge in [0.05, 0.1) is 5.69 Å². The maximum atomic E-state index is 14.3. The molecule has 2 aromatic heterocycles. The molecule has 4 aromatic rings. The number of thiophene rings is 1. The molecule has 37 heavy (non-hydrogen) atoms. The van der Waals surface area contributed by atoms with Gasteiger partial charge in [-0.1, -0.05) is 48.5 Å². The van der Waals surface area contributed by atoms with E-state index in [1.807, 2.05) is 12.3 Å². The number of aryl methyl sites for hydroxylation is 1. The number of anilines is 1. The molecule has 0 fully saturated rings. The summed E-state index contributed by atoms with van der Waals surface area (Å²) in [6.07, 6.45) is -6.93. The number of benzene rings is 2. The SMILES string of the molecule is Cc1cscc1-c1ccccc1C(Oc1cc(-c2ccc(C[C@H](N)C(=O)O)cc2)nc(N)n1)C(F)(F)F. The lowest BCUT2D eigenvalue weighted by Crippen LogP contribution is -2.32. The van der Waals surface area contributed by atoms with Gasteiger partial charge in [0.1, 0.15) is 6.04 Å². The van der Waals surface area contributed by atoms with Crippen molar-refractivity contribution in [1.29, 1.82) is 0 Å². The van der Waals surface area contributed by atoms with Gasteiger partial charge < -0.3 is 21.3 Å². The smallest absolute Gasteiger partial charge is 0.429 e. The summed E-state index contributed by atoms with van der Waals surface area (Å²) in [5, 5.41) is 12.7. The van der Waals surface area contributed by atoms with Crippen LogP contribution in [0.2, 0.25) is 0 Å². The lowest BCUT2D eigenvalue weighted by Gasteiger charge is -2.24. The second-order valence-electron chi connectivity index (χ2n) is 8.39. The first-order valence-electron chi connectivity index (χ1n) is 11.1. The molecule has 11 heteroatoms. The van der Waals surface area contributed by atoms with Gasteiger partial charge in [-0.15, -0.1) is 0 Å². The molecule has 0 spiro atoms. The molecular weight excluding hydrogens is 505 g/mol. The number of hydrogen-bond acceptors (Lipinski definition) is 7. The van der Waals surface area contributed by atoms with Gasteiger partial charge in [-0.05, 0) is 46.4 Å². The minimum Gasteiger partial charge on any atom is -0.480 e. The van der Waals surface area contributed by atoms with Gasteiger partial charge >= 0.3 is 12.1 Å². The molecule has 5 N–H and O–H groups in total. The molecule has 1 unspecified atom stereocenters. The second-order valence-corrected chi connectivity index (χ2v) is 9.13. The number of aromatic nitrogens is 2. The highest BCUT2D eigenvalue weighted by atomic mass is 32.1. The Balaban J connectivity index is 1.67. The first kappa shape index (κ1) is 26.1. The van der Waals surface area contributed by atoms with Crippen LogP contribution in [0.5, 0.6) is 5.88 Å². The zero-order valence-electron chi connectivity index (χ0n) is 19.6. The van der Waals surface area contributed by atoms with Crippen LogP contribution in [0.15, 0.2) is 65.4 Å². The van der Waals surface area contributed by atoms with Crippen molar-refractivity contribution in [3.8, 4) is 28.3 Å². The van der Waals surface area contributed by atoms with E-state index in [2.05, 4.69) is 9.97 Å². The average molecular weight is 529 g/mol. The summed E-state index contributed by atoms with van der Waals surface area (Å²) in [6, 6.07) is 13.1. The van der Waals surface area contributed by atoms with Crippen LogP contribution in [0.1, 0.15) is 22.8 Å². The van der Waals surface area contributed by atoms with E-state index in [0.717, 1.165) is 5.56 Å². The quantitative estimate of drug-likeness (QED) is 0.280. The van der Waals surface area contributed by atoms with E-state index in [4.69, 9.17) is 21.3 Å². The van der Waals surface area contributed by atoms with Crippen molar-refractivity contribution in [2.45, 2.75) is 31.7 Å². The number of rotatable bonds is 8. The van der Waals surface area contributed by atoms with Crippen molar-refractivity contribution in [1.82, 2.24) is 9.97 Å². The first-order valence-corrected chi connectivity index (χ1v) is 12.0. The number of carbonyl (C=O) groups is 1. The number of carboxylic acids is 1. The Bertz CT molecular complexity index is 1410. The number of hydrogen-bond donors (Lipinski definition) is 3. The highest BCUT2D eigenvalue weighted by molar-refractivity contribution is 7.08. The lowest BCUT2D eigenvalue weighted by atomic mass is 9.95. The molecule has 2 aromatic carbocycles. The number of carboxylic acid groups (broad SMARTS) is 1. The molecule has 0 amide bonds. The monoisotopic (exact) mass is 528 g/mol. The molecule has 192 valence electrons. The van der Waals surface area contributed by atoms with Crippen LogP contribution in [0.25, 0.3) is 22.4 Å². The molecule has 4 rings (SSSR count). The Morgan fingerprint density at radius 3 is 2.41 bits per heavy atom. The Kier molecular flexibility index (Phi) is 7.46. The second kappa shape index (κ2) is 10.6. The Hall–Kier alpha value is -3.96. The zero-order chi connectivity index (χ0) is 26.7. The highest BCUT2D eigenvalue weighted by Gasteiger charge is 2.44. The van der Waals surface area contributed by atoms with Crippen LogP contribution >= 0.6 is 11.3 Å². The van der Waals surface area contributed by atoms with Crippen LogP contribution in [-0.4, -0.2) is 33.3 Å². The molecule has 0 radical (unpaired) electrons. The van der Waals surface area contributed by atoms with E-state index in [1.165, 1.54) is 29.5 Å². The summed E-state index contributed by atoms with van der Waals surface area (Å²) in [5.41, 5.74) is 14.8. The maximum Gasteiger partial charge on any atom is 0.429 e. The van der Waals surface area contributed by atoms with E-state index in [9.17, 15) is 18.0 Å². The Morgan fingerprint density at radius 2 is 1.78 bits per heavy atom. The summed E-state index contributed by atoms with van der Waals surface area (Å²) in [4.78, 5) is 19.0. The molecule has 0 saturated heterocycles. The Labute approximate surface area is 214 Å². The van der Waals surface area contributed by atoms with E-state index < -0.39 is 24.3 Å². The molecule has 0 aliphatic rings.